The van der Waals surface area contributed by atoms with Gasteiger partial charge in [0.25, 0.3) is 0 Å². The van der Waals surface area contributed by atoms with Crippen LogP contribution in [0.2, 0.25) is 0 Å². The number of rotatable bonds is 7. The molecule has 0 saturated heterocycles. The Labute approximate surface area is 130 Å². The Bertz CT molecular complexity index is 595. The number of likely N-dealkylation sites (N-methyl/N-ethyl adjacent to an activating group) is 1. The lowest BCUT2D eigenvalue weighted by atomic mass is 10.2. The van der Waals surface area contributed by atoms with Crippen molar-refractivity contribution in [3.05, 3.63) is 10.9 Å². The number of aryl methyl sites for hydroxylation is 1. The molecular weight excluding hydrogens is 282 g/mol. The molecule has 0 aromatic carbocycles. The van der Waals surface area contributed by atoms with Gasteiger partial charge in [0.05, 0.1) is 5.39 Å². The van der Waals surface area contributed by atoms with Gasteiger partial charge in [-0.2, -0.15) is 4.98 Å². The molecule has 2 aromatic heterocycles. The van der Waals surface area contributed by atoms with Crippen LogP contribution in [0.1, 0.15) is 25.1 Å². The van der Waals surface area contributed by atoms with Crippen LogP contribution in [-0.4, -0.2) is 48.1 Å². The van der Waals surface area contributed by atoms with Crippen molar-refractivity contribution in [2.24, 2.45) is 0 Å². The van der Waals surface area contributed by atoms with E-state index in [-0.39, 0.29) is 0 Å². The van der Waals surface area contributed by atoms with Gasteiger partial charge in [-0.15, -0.1) is 11.3 Å². The number of hydrogen-bond donors (Lipinski definition) is 2. The number of fused-ring (bicyclic) bond motifs is 1. The smallest absolute Gasteiger partial charge is 0.225 e. The Kier molecular flexibility index (Phi) is 5.36. The van der Waals surface area contributed by atoms with Crippen molar-refractivity contribution in [1.29, 1.82) is 0 Å². The second-order valence-electron chi connectivity index (χ2n) is 5.39. The van der Waals surface area contributed by atoms with Gasteiger partial charge >= 0.3 is 0 Å². The molecule has 5 nitrogen and oxygen atoms in total. The molecule has 0 fully saturated rings. The highest BCUT2D eigenvalue weighted by Gasteiger charge is 2.11. The molecule has 0 aliphatic rings. The molecule has 1 atom stereocenters. The average Bonchev–Trinajstić information content (AvgIpc) is 2.86. The lowest BCUT2D eigenvalue weighted by Crippen LogP contribution is -2.32. The van der Waals surface area contributed by atoms with Gasteiger partial charge in [-0.1, -0.05) is 6.92 Å². The summed E-state index contributed by atoms with van der Waals surface area (Å²) < 4.78 is 0. The summed E-state index contributed by atoms with van der Waals surface area (Å²) in [5.41, 5.74) is 0. The van der Waals surface area contributed by atoms with Crippen molar-refractivity contribution >= 4 is 33.3 Å². The fraction of sp³-hybridized carbons (Fsp3) is 0.600. The monoisotopic (exact) mass is 307 g/mol. The van der Waals surface area contributed by atoms with Crippen molar-refractivity contribution < 1.29 is 0 Å². The quantitative estimate of drug-likeness (QED) is 0.823. The lowest BCUT2D eigenvalue weighted by Gasteiger charge is -2.23. The zero-order valence-corrected chi connectivity index (χ0v) is 14.3. The summed E-state index contributed by atoms with van der Waals surface area (Å²) in [7, 11) is 4.02. The van der Waals surface area contributed by atoms with Gasteiger partial charge in [-0.05, 0) is 33.4 Å². The highest BCUT2D eigenvalue weighted by atomic mass is 32.1. The topological polar surface area (TPSA) is 53.1 Å². The Hall–Kier alpha value is -1.40. The predicted molar refractivity (Wildman–Crippen MR) is 92.6 cm³/mol. The molecule has 0 bridgehead atoms. The summed E-state index contributed by atoms with van der Waals surface area (Å²) in [5.74, 6) is 1.59. The minimum atomic E-state index is 0.605. The number of nitrogens with one attached hydrogen (secondary N) is 2. The van der Waals surface area contributed by atoms with E-state index in [0.717, 1.165) is 29.1 Å². The second kappa shape index (κ2) is 7.04. The van der Waals surface area contributed by atoms with E-state index in [1.807, 2.05) is 7.05 Å². The van der Waals surface area contributed by atoms with Gasteiger partial charge in [0, 0.05) is 31.1 Å². The highest BCUT2D eigenvalue weighted by molar-refractivity contribution is 7.18. The first-order chi connectivity index (χ1) is 10.0. The molecule has 0 amide bonds. The number of aromatic nitrogens is 2. The summed E-state index contributed by atoms with van der Waals surface area (Å²) >= 11 is 1.70. The van der Waals surface area contributed by atoms with Gasteiger partial charge in [-0.25, -0.2) is 4.98 Å². The largest absolute Gasteiger partial charge is 0.368 e. The molecule has 0 radical (unpaired) electrons. The predicted octanol–water partition coefficient (Wildman–Crippen LogP) is 3.18. The molecule has 2 N–H and O–H groups in total. The van der Waals surface area contributed by atoms with Crippen LogP contribution in [0.25, 0.3) is 10.2 Å². The third-order valence-electron chi connectivity index (χ3n) is 3.84. The fourth-order valence-electron chi connectivity index (χ4n) is 2.17. The van der Waals surface area contributed by atoms with Gasteiger partial charge < -0.3 is 15.5 Å². The Morgan fingerprint density at radius 2 is 2.14 bits per heavy atom. The van der Waals surface area contributed by atoms with Crippen molar-refractivity contribution in [2.75, 3.05) is 37.8 Å². The van der Waals surface area contributed by atoms with Crippen LogP contribution in [0.5, 0.6) is 0 Å². The zero-order chi connectivity index (χ0) is 15.4. The SMILES string of the molecule is CCC(C)N(C)CCNc1nc(NC)nc2sc(C)cc12. The number of nitrogens with zero attached hydrogens (tertiary/aromatic N) is 3. The average molecular weight is 307 g/mol. The van der Waals surface area contributed by atoms with E-state index in [2.05, 4.69) is 59.4 Å². The standard InChI is InChI=1S/C15H25N5S/c1-6-10(2)20(5)8-7-17-13-12-9-11(3)21-14(12)19-15(16-4)18-13/h9-10H,6-8H2,1-5H3,(H2,16,17,18,19). The number of hydrogen-bond acceptors (Lipinski definition) is 6. The van der Waals surface area contributed by atoms with E-state index in [1.165, 1.54) is 11.3 Å². The minimum Gasteiger partial charge on any atom is -0.368 e. The molecule has 0 spiro atoms. The van der Waals surface area contributed by atoms with Gasteiger partial charge in [0.2, 0.25) is 5.95 Å². The lowest BCUT2D eigenvalue weighted by molar-refractivity contribution is 0.261. The first kappa shape index (κ1) is 16.0. The molecule has 0 aliphatic carbocycles. The van der Waals surface area contributed by atoms with Crippen molar-refractivity contribution in [3.63, 3.8) is 0 Å². The molecule has 0 aliphatic heterocycles. The van der Waals surface area contributed by atoms with Gasteiger partial charge in [0.15, 0.2) is 0 Å². The van der Waals surface area contributed by atoms with Crippen LogP contribution in [0.4, 0.5) is 11.8 Å². The van der Waals surface area contributed by atoms with Gasteiger partial charge in [-0.3, -0.25) is 0 Å². The van der Waals surface area contributed by atoms with E-state index in [9.17, 15) is 0 Å². The molecule has 2 aromatic rings. The summed E-state index contributed by atoms with van der Waals surface area (Å²) in [4.78, 5) is 13.7. The van der Waals surface area contributed by atoms with Crippen LogP contribution in [-0.2, 0) is 0 Å². The highest BCUT2D eigenvalue weighted by Crippen LogP contribution is 2.29. The summed E-state index contributed by atoms with van der Waals surface area (Å²) in [6.45, 7) is 8.45. The normalized spacial score (nSPS) is 12.9. The Balaban J connectivity index is 2.10. The second-order valence-corrected chi connectivity index (χ2v) is 6.62. The first-order valence-electron chi connectivity index (χ1n) is 7.45. The van der Waals surface area contributed by atoms with E-state index in [1.54, 1.807) is 11.3 Å². The van der Waals surface area contributed by atoms with E-state index in [0.29, 0.717) is 12.0 Å². The number of anilines is 2. The Morgan fingerprint density at radius 1 is 1.38 bits per heavy atom. The summed E-state index contributed by atoms with van der Waals surface area (Å²) in [6.07, 6.45) is 1.17. The zero-order valence-electron chi connectivity index (χ0n) is 13.5. The summed E-state index contributed by atoms with van der Waals surface area (Å²) in [6, 6.07) is 2.76. The van der Waals surface area contributed by atoms with E-state index in [4.69, 9.17) is 0 Å². The fourth-order valence-corrected chi connectivity index (χ4v) is 3.05. The van der Waals surface area contributed by atoms with Crippen LogP contribution in [0.15, 0.2) is 6.07 Å². The molecular formula is C15H25N5S. The van der Waals surface area contributed by atoms with Crippen LogP contribution in [0, 0.1) is 6.92 Å². The summed E-state index contributed by atoms with van der Waals surface area (Å²) in [5, 5.41) is 7.60. The van der Waals surface area contributed by atoms with E-state index < -0.39 is 0 Å². The molecule has 21 heavy (non-hydrogen) atoms. The van der Waals surface area contributed by atoms with Crippen molar-refractivity contribution in [1.82, 2.24) is 14.9 Å². The van der Waals surface area contributed by atoms with E-state index >= 15 is 0 Å². The molecule has 116 valence electrons. The van der Waals surface area contributed by atoms with Crippen molar-refractivity contribution in [3.8, 4) is 0 Å². The molecule has 2 heterocycles. The minimum absolute atomic E-state index is 0.605. The molecule has 1 unspecified atom stereocenters. The molecule has 0 saturated carbocycles. The molecule has 2 rings (SSSR count). The maximum absolute atomic E-state index is 4.55. The third kappa shape index (κ3) is 3.83. The Morgan fingerprint density at radius 3 is 2.81 bits per heavy atom. The maximum atomic E-state index is 4.55. The first-order valence-corrected chi connectivity index (χ1v) is 8.26. The van der Waals surface area contributed by atoms with Crippen LogP contribution in [0.3, 0.4) is 0 Å². The molecule has 6 heteroatoms. The van der Waals surface area contributed by atoms with Crippen LogP contribution >= 0.6 is 11.3 Å². The number of thiophene rings is 1. The van der Waals surface area contributed by atoms with Gasteiger partial charge in [0.1, 0.15) is 10.6 Å². The van der Waals surface area contributed by atoms with Crippen LogP contribution < -0.4 is 10.6 Å². The third-order valence-corrected chi connectivity index (χ3v) is 4.78. The van der Waals surface area contributed by atoms with Crippen molar-refractivity contribution in [2.45, 2.75) is 33.2 Å². The maximum Gasteiger partial charge on any atom is 0.225 e.